The van der Waals surface area contributed by atoms with Gasteiger partial charge in [-0.2, -0.15) is 0 Å². The van der Waals surface area contributed by atoms with Crippen molar-refractivity contribution in [3.05, 3.63) is 29.3 Å². The number of hydrogen-bond donors (Lipinski definition) is 1. The molecule has 0 fully saturated rings. The van der Waals surface area contributed by atoms with Crippen molar-refractivity contribution in [2.24, 2.45) is 5.73 Å². The van der Waals surface area contributed by atoms with E-state index in [0.29, 0.717) is 19.6 Å². The van der Waals surface area contributed by atoms with Gasteiger partial charge in [-0.25, -0.2) is 0 Å². The summed E-state index contributed by atoms with van der Waals surface area (Å²) in [6, 6.07) is 5.53. The lowest BCUT2D eigenvalue weighted by Crippen LogP contribution is -2.29. The Labute approximate surface area is 88.6 Å². The number of hydrogen-bond acceptors (Lipinski definition) is 3. The fourth-order valence-electron chi connectivity index (χ4n) is 1.82. The Morgan fingerprint density at radius 3 is 3.00 bits per heavy atom. The van der Waals surface area contributed by atoms with Gasteiger partial charge in [-0.15, -0.1) is 0 Å². The molecular formula is C11H14N2O2. The number of rotatable bonds is 3. The van der Waals surface area contributed by atoms with Gasteiger partial charge in [0.15, 0.2) is 0 Å². The van der Waals surface area contributed by atoms with E-state index < -0.39 is 0 Å². The number of nitrogens with two attached hydrogens (primary N) is 1. The summed E-state index contributed by atoms with van der Waals surface area (Å²) in [4.78, 5) is 13.6. The molecule has 1 aliphatic heterocycles. The van der Waals surface area contributed by atoms with Crippen LogP contribution in [0.3, 0.4) is 0 Å². The molecule has 0 radical (unpaired) electrons. The first-order valence-electron chi connectivity index (χ1n) is 4.92. The van der Waals surface area contributed by atoms with Crippen LogP contribution in [0.15, 0.2) is 18.2 Å². The molecule has 0 aromatic heterocycles. The molecule has 1 aliphatic rings. The van der Waals surface area contributed by atoms with E-state index in [-0.39, 0.29) is 5.91 Å². The molecule has 1 aromatic rings. The number of fused-ring (bicyclic) bond motifs is 1. The minimum Gasteiger partial charge on any atom is -0.497 e. The topological polar surface area (TPSA) is 55.6 Å². The van der Waals surface area contributed by atoms with Gasteiger partial charge >= 0.3 is 0 Å². The normalized spacial score (nSPS) is 14.3. The minimum absolute atomic E-state index is 0.0677. The predicted molar refractivity (Wildman–Crippen MR) is 56.8 cm³/mol. The number of amides is 1. The van der Waals surface area contributed by atoms with Gasteiger partial charge in [-0.3, -0.25) is 4.79 Å². The number of benzene rings is 1. The molecule has 0 unspecified atom stereocenters. The van der Waals surface area contributed by atoms with Crippen molar-refractivity contribution in [1.82, 2.24) is 4.90 Å². The molecule has 1 amide bonds. The van der Waals surface area contributed by atoms with Crippen LogP contribution < -0.4 is 10.5 Å². The molecule has 0 spiro atoms. The molecule has 1 heterocycles. The summed E-state index contributed by atoms with van der Waals surface area (Å²) in [7, 11) is 1.62. The van der Waals surface area contributed by atoms with Crippen LogP contribution in [0.25, 0.3) is 0 Å². The standard InChI is InChI=1S/C11H14N2O2/c1-15-9-2-3-10-8(6-9)7-13(5-4-12)11(10)14/h2-3,6H,4-5,7,12H2,1H3. The van der Waals surface area contributed by atoms with Crippen LogP contribution in [0.5, 0.6) is 5.75 Å². The van der Waals surface area contributed by atoms with Crippen LogP contribution in [0.1, 0.15) is 15.9 Å². The zero-order valence-electron chi connectivity index (χ0n) is 8.69. The summed E-state index contributed by atoms with van der Waals surface area (Å²) >= 11 is 0. The van der Waals surface area contributed by atoms with E-state index in [1.807, 2.05) is 18.2 Å². The largest absolute Gasteiger partial charge is 0.497 e. The highest BCUT2D eigenvalue weighted by atomic mass is 16.5. The Bertz CT molecular complexity index is 390. The number of nitrogens with zero attached hydrogens (tertiary/aromatic N) is 1. The fraction of sp³-hybridized carbons (Fsp3) is 0.364. The Kier molecular flexibility index (Phi) is 2.60. The van der Waals surface area contributed by atoms with Crippen molar-refractivity contribution in [2.75, 3.05) is 20.2 Å². The lowest BCUT2D eigenvalue weighted by molar-refractivity contribution is 0.0783. The summed E-state index contributed by atoms with van der Waals surface area (Å²) < 4.78 is 5.12. The van der Waals surface area contributed by atoms with E-state index in [0.717, 1.165) is 16.9 Å². The third-order valence-electron chi connectivity index (χ3n) is 2.59. The molecular weight excluding hydrogens is 192 g/mol. The van der Waals surface area contributed by atoms with Crippen molar-refractivity contribution >= 4 is 5.91 Å². The maximum Gasteiger partial charge on any atom is 0.254 e. The zero-order chi connectivity index (χ0) is 10.8. The molecule has 0 aliphatic carbocycles. The zero-order valence-corrected chi connectivity index (χ0v) is 8.69. The second kappa shape index (κ2) is 3.90. The molecule has 80 valence electrons. The maximum atomic E-state index is 11.8. The van der Waals surface area contributed by atoms with Gasteiger partial charge in [0.25, 0.3) is 5.91 Å². The van der Waals surface area contributed by atoms with E-state index >= 15 is 0 Å². The van der Waals surface area contributed by atoms with Crippen molar-refractivity contribution < 1.29 is 9.53 Å². The van der Waals surface area contributed by atoms with Crippen LogP contribution in [-0.4, -0.2) is 31.0 Å². The summed E-state index contributed by atoms with van der Waals surface area (Å²) in [5.74, 6) is 0.856. The van der Waals surface area contributed by atoms with Crippen LogP contribution in [0.2, 0.25) is 0 Å². The highest BCUT2D eigenvalue weighted by Gasteiger charge is 2.26. The smallest absolute Gasteiger partial charge is 0.254 e. The first kappa shape index (κ1) is 9.98. The SMILES string of the molecule is COc1ccc2c(c1)CN(CCN)C2=O. The van der Waals surface area contributed by atoms with E-state index in [1.165, 1.54) is 0 Å². The minimum atomic E-state index is 0.0677. The van der Waals surface area contributed by atoms with Gasteiger partial charge < -0.3 is 15.4 Å². The monoisotopic (exact) mass is 206 g/mol. The Morgan fingerprint density at radius 2 is 2.33 bits per heavy atom. The van der Waals surface area contributed by atoms with Gasteiger partial charge in [0, 0.05) is 25.2 Å². The van der Waals surface area contributed by atoms with Crippen molar-refractivity contribution in [2.45, 2.75) is 6.54 Å². The Morgan fingerprint density at radius 1 is 1.53 bits per heavy atom. The fourth-order valence-corrected chi connectivity index (χ4v) is 1.82. The lowest BCUT2D eigenvalue weighted by Gasteiger charge is -2.13. The molecule has 0 saturated heterocycles. The third-order valence-corrected chi connectivity index (χ3v) is 2.59. The summed E-state index contributed by atoms with van der Waals surface area (Å²) in [6.07, 6.45) is 0. The number of carbonyl (C=O) groups is 1. The molecule has 4 heteroatoms. The molecule has 1 aromatic carbocycles. The van der Waals surface area contributed by atoms with E-state index in [1.54, 1.807) is 12.0 Å². The van der Waals surface area contributed by atoms with Crippen LogP contribution >= 0.6 is 0 Å². The van der Waals surface area contributed by atoms with Gasteiger partial charge in [0.2, 0.25) is 0 Å². The molecule has 2 rings (SSSR count). The van der Waals surface area contributed by atoms with Gasteiger partial charge in [0.1, 0.15) is 5.75 Å². The summed E-state index contributed by atoms with van der Waals surface area (Å²) in [5.41, 5.74) is 7.23. The number of methoxy groups -OCH3 is 1. The van der Waals surface area contributed by atoms with Crippen molar-refractivity contribution in [3.8, 4) is 5.75 Å². The summed E-state index contributed by atoms with van der Waals surface area (Å²) in [6.45, 7) is 1.75. The Hall–Kier alpha value is -1.55. The van der Waals surface area contributed by atoms with Crippen LogP contribution in [-0.2, 0) is 6.54 Å². The first-order valence-corrected chi connectivity index (χ1v) is 4.92. The highest BCUT2D eigenvalue weighted by Crippen LogP contribution is 2.26. The molecule has 0 atom stereocenters. The quantitative estimate of drug-likeness (QED) is 0.788. The average molecular weight is 206 g/mol. The second-order valence-electron chi connectivity index (χ2n) is 3.54. The lowest BCUT2D eigenvalue weighted by atomic mass is 10.1. The van der Waals surface area contributed by atoms with E-state index in [2.05, 4.69) is 0 Å². The van der Waals surface area contributed by atoms with Crippen molar-refractivity contribution in [3.63, 3.8) is 0 Å². The van der Waals surface area contributed by atoms with Crippen LogP contribution in [0.4, 0.5) is 0 Å². The van der Waals surface area contributed by atoms with E-state index in [9.17, 15) is 4.79 Å². The number of carbonyl (C=O) groups excluding carboxylic acids is 1. The van der Waals surface area contributed by atoms with Gasteiger partial charge in [0.05, 0.1) is 7.11 Å². The molecule has 2 N–H and O–H groups in total. The highest BCUT2D eigenvalue weighted by molar-refractivity contribution is 5.98. The molecule has 0 saturated carbocycles. The number of ether oxygens (including phenoxy) is 1. The van der Waals surface area contributed by atoms with Crippen molar-refractivity contribution in [1.29, 1.82) is 0 Å². The summed E-state index contributed by atoms with van der Waals surface area (Å²) in [5, 5.41) is 0. The van der Waals surface area contributed by atoms with Gasteiger partial charge in [-0.1, -0.05) is 0 Å². The molecule has 4 nitrogen and oxygen atoms in total. The molecule has 15 heavy (non-hydrogen) atoms. The first-order chi connectivity index (χ1) is 7.26. The third kappa shape index (κ3) is 1.68. The average Bonchev–Trinajstić information content (AvgIpc) is 2.56. The van der Waals surface area contributed by atoms with Crippen LogP contribution in [0, 0.1) is 0 Å². The molecule has 0 bridgehead atoms. The maximum absolute atomic E-state index is 11.8. The Balaban J connectivity index is 2.28. The van der Waals surface area contributed by atoms with E-state index in [4.69, 9.17) is 10.5 Å². The van der Waals surface area contributed by atoms with Gasteiger partial charge in [-0.05, 0) is 23.8 Å². The predicted octanol–water partition coefficient (Wildman–Crippen LogP) is 0.610. The second-order valence-corrected chi connectivity index (χ2v) is 3.54.